The van der Waals surface area contributed by atoms with Crippen molar-refractivity contribution in [2.75, 3.05) is 11.0 Å². The highest BCUT2D eigenvalue weighted by molar-refractivity contribution is 14.1. The molecule has 0 aromatic heterocycles. The fourth-order valence-electron chi connectivity index (χ4n) is 0.545. The van der Waals surface area contributed by atoms with Crippen molar-refractivity contribution in [3.05, 3.63) is 0 Å². The lowest BCUT2D eigenvalue weighted by Gasteiger charge is -2.02. The lowest BCUT2D eigenvalue weighted by molar-refractivity contribution is 0.186. The van der Waals surface area contributed by atoms with E-state index in [-0.39, 0.29) is 6.61 Å². The van der Waals surface area contributed by atoms with E-state index in [1.54, 1.807) is 0 Å². The van der Waals surface area contributed by atoms with Crippen LogP contribution in [0.2, 0.25) is 0 Å². The van der Waals surface area contributed by atoms with Crippen LogP contribution >= 0.6 is 45.2 Å². The van der Waals surface area contributed by atoms with Crippen LogP contribution in [0.25, 0.3) is 0 Å². The fraction of sp³-hybridized carbons (Fsp3) is 1.00. The van der Waals surface area contributed by atoms with Crippen LogP contribution in [0.1, 0.15) is 19.3 Å². The zero-order chi connectivity index (χ0) is 7.11. The average Bonchev–Trinajstić information content (AvgIpc) is 1.89. The van der Waals surface area contributed by atoms with E-state index in [0.29, 0.717) is 0 Å². The molecule has 55 valence electrons. The van der Waals surface area contributed by atoms with Crippen molar-refractivity contribution >= 4 is 45.2 Å². The summed E-state index contributed by atoms with van der Waals surface area (Å²) in [7, 11) is 0. The van der Waals surface area contributed by atoms with Crippen LogP contribution in [0.4, 0.5) is 0 Å². The molecule has 0 aromatic rings. The predicted molar refractivity (Wildman–Crippen MR) is 56.1 cm³/mol. The normalized spacial score (nSPS) is 13.7. The van der Waals surface area contributed by atoms with Crippen LogP contribution in [0.5, 0.6) is 0 Å². The highest BCUT2D eigenvalue weighted by Crippen LogP contribution is 2.12. The molecule has 0 saturated heterocycles. The molecule has 0 aliphatic heterocycles. The summed E-state index contributed by atoms with van der Waals surface area (Å²) in [5.41, 5.74) is 0. The van der Waals surface area contributed by atoms with Gasteiger partial charge in [-0.2, -0.15) is 0 Å². The van der Waals surface area contributed by atoms with Gasteiger partial charge in [-0.25, -0.2) is 5.11 Å². The van der Waals surface area contributed by atoms with Gasteiger partial charge in [-0.15, -0.1) is 0 Å². The Morgan fingerprint density at radius 2 is 2.00 bits per heavy atom. The minimum absolute atomic E-state index is 0.102. The molecular weight excluding hydrogens is 342 g/mol. The van der Waals surface area contributed by atoms with Gasteiger partial charge in [0.2, 0.25) is 0 Å². The average molecular weight is 353 g/mol. The van der Waals surface area contributed by atoms with E-state index in [4.69, 9.17) is 0 Å². The Hall–Kier alpha value is 1.42. The first kappa shape index (κ1) is 10.4. The molecule has 9 heavy (non-hydrogen) atoms. The molecule has 1 nitrogen and oxygen atoms in total. The van der Waals surface area contributed by atoms with Crippen molar-refractivity contribution in [3.63, 3.8) is 0 Å². The summed E-state index contributed by atoms with van der Waals surface area (Å²) in [6.07, 6.45) is 3.18. The van der Waals surface area contributed by atoms with Crippen molar-refractivity contribution in [2.24, 2.45) is 0 Å². The standard InChI is InChI=1S/C6H11I2O/c7-5-6(8)3-1-2-4-9/h6H,1-5H2. The minimum atomic E-state index is 0.102. The molecule has 0 aliphatic rings. The maximum absolute atomic E-state index is 10.00. The third-order valence-electron chi connectivity index (χ3n) is 1.08. The van der Waals surface area contributed by atoms with Crippen molar-refractivity contribution < 1.29 is 5.11 Å². The Balaban J connectivity index is 2.88. The van der Waals surface area contributed by atoms with Crippen LogP contribution < -0.4 is 0 Å². The number of hydrogen-bond donors (Lipinski definition) is 0. The van der Waals surface area contributed by atoms with Crippen LogP contribution in [0.3, 0.4) is 0 Å². The van der Waals surface area contributed by atoms with Crippen LogP contribution in [0.15, 0.2) is 0 Å². The van der Waals surface area contributed by atoms with E-state index in [1.807, 2.05) is 0 Å². The number of alkyl halides is 2. The Labute approximate surface area is 83.9 Å². The third-order valence-corrected chi connectivity index (χ3v) is 4.89. The molecule has 1 atom stereocenters. The van der Waals surface area contributed by atoms with Gasteiger partial charge in [0.1, 0.15) is 0 Å². The molecule has 0 N–H and O–H groups in total. The monoisotopic (exact) mass is 353 g/mol. The van der Waals surface area contributed by atoms with Gasteiger partial charge in [0, 0.05) is 8.35 Å². The first-order valence-corrected chi connectivity index (χ1v) is 5.86. The summed E-state index contributed by atoms with van der Waals surface area (Å²) in [5, 5.41) is 10.00. The molecule has 3 heteroatoms. The van der Waals surface area contributed by atoms with Gasteiger partial charge >= 0.3 is 0 Å². The molecule has 0 rings (SSSR count). The van der Waals surface area contributed by atoms with Gasteiger partial charge in [-0.1, -0.05) is 45.2 Å². The van der Waals surface area contributed by atoms with Crippen molar-refractivity contribution in [2.45, 2.75) is 23.2 Å². The molecule has 0 spiro atoms. The number of unbranched alkanes of at least 4 members (excludes halogenated alkanes) is 1. The lowest BCUT2D eigenvalue weighted by Crippen LogP contribution is -1.98. The second-order valence-electron chi connectivity index (χ2n) is 1.95. The minimum Gasteiger partial charge on any atom is -0.237 e. The summed E-state index contributed by atoms with van der Waals surface area (Å²) < 4.78 is 1.98. The maximum Gasteiger partial charge on any atom is 0.0822 e. The number of rotatable bonds is 5. The van der Waals surface area contributed by atoms with Crippen LogP contribution in [-0.2, 0) is 5.11 Å². The summed E-state index contributed by atoms with van der Waals surface area (Å²) in [4.78, 5) is 0. The zero-order valence-corrected chi connectivity index (χ0v) is 9.59. The quantitative estimate of drug-likeness (QED) is 0.412. The van der Waals surface area contributed by atoms with E-state index >= 15 is 0 Å². The van der Waals surface area contributed by atoms with Crippen molar-refractivity contribution in [1.29, 1.82) is 0 Å². The van der Waals surface area contributed by atoms with E-state index in [9.17, 15) is 5.11 Å². The predicted octanol–water partition coefficient (Wildman–Crippen LogP) is 2.83. The number of hydrogen-bond acceptors (Lipinski definition) is 0. The van der Waals surface area contributed by atoms with Crippen LogP contribution in [0, 0.1) is 0 Å². The van der Waals surface area contributed by atoms with Crippen molar-refractivity contribution in [3.8, 4) is 0 Å². The molecule has 0 bridgehead atoms. The summed E-state index contributed by atoms with van der Waals surface area (Å²) >= 11 is 4.82. The van der Waals surface area contributed by atoms with E-state index in [2.05, 4.69) is 45.2 Å². The smallest absolute Gasteiger partial charge is 0.0822 e. The first-order valence-electron chi connectivity index (χ1n) is 3.09. The van der Waals surface area contributed by atoms with E-state index < -0.39 is 0 Å². The lowest BCUT2D eigenvalue weighted by atomic mass is 10.2. The van der Waals surface area contributed by atoms with E-state index in [0.717, 1.165) is 16.8 Å². The van der Waals surface area contributed by atoms with Gasteiger partial charge in [0.25, 0.3) is 0 Å². The third kappa shape index (κ3) is 7.32. The van der Waals surface area contributed by atoms with Gasteiger partial charge < -0.3 is 0 Å². The summed E-state index contributed by atoms with van der Waals surface area (Å²) in [6.45, 7) is 0.102. The molecule has 0 amide bonds. The van der Waals surface area contributed by atoms with Gasteiger partial charge in [0.05, 0.1) is 6.61 Å². The Morgan fingerprint density at radius 1 is 1.33 bits per heavy atom. The highest BCUT2D eigenvalue weighted by Gasteiger charge is 1.99. The SMILES string of the molecule is [O]CCCCC(I)CI. The largest absolute Gasteiger partial charge is 0.237 e. The van der Waals surface area contributed by atoms with Gasteiger partial charge in [0.15, 0.2) is 0 Å². The van der Waals surface area contributed by atoms with Gasteiger partial charge in [-0.05, 0) is 19.3 Å². The molecular formula is C6H11I2O. The molecule has 0 fully saturated rings. The highest BCUT2D eigenvalue weighted by atomic mass is 127. The molecule has 0 aliphatic carbocycles. The van der Waals surface area contributed by atoms with Crippen LogP contribution in [-0.4, -0.2) is 15.0 Å². The number of halogens is 2. The Bertz CT molecular complexity index is 59.0. The second kappa shape index (κ2) is 7.53. The molecule has 1 unspecified atom stereocenters. The topological polar surface area (TPSA) is 19.9 Å². The molecule has 0 saturated carbocycles. The van der Waals surface area contributed by atoms with Gasteiger partial charge in [-0.3, -0.25) is 0 Å². The van der Waals surface area contributed by atoms with Crippen molar-refractivity contribution in [1.82, 2.24) is 0 Å². The fourth-order valence-corrected chi connectivity index (χ4v) is 1.43. The molecule has 1 radical (unpaired) electrons. The maximum atomic E-state index is 10.00. The Morgan fingerprint density at radius 3 is 2.44 bits per heavy atom. The second-order valence-corrected chi connectivity index (χ2v) is 4.59. The van der Waals surface area contributed by atoms with E-state index in [1.165, 1.54) is 10.8 Å². The Kier molecular flexibility index (Phi) is 8.71. The zero-order valence-electron chi connectivity index (χ0n) is 5.28. The first-order chi connectivity index (χ1) is 4.31. The summed E-state index contributed by atoms with van der Waals surface area (Å²) in [6, 6.07) is 0. The molecule has 0 heterocycles. The summed E-state index contributed by atoms with van der Waals surface area (Å²) in [5.74, 6) is 0. The molecule has 0 aromatic carbocycles.